The van der Waals surface area contributed by atoms with Crippen LogP contribution in [0.1, 0.15) is 102 Å². The first-order valence-electron chi connectivity index (χ1n) is 12.0. The highest BCUT2D eigenvalue weighted by Gasteiger charge is 2.22. The lowest BCUT2D eigenvalue weighted by Crippen LogP contribution is -2.09. The van der Waals surface area contributed by atoms with Crippen LogP contribution in [0.5, 0.6) is 0 Å². The largest absolute Gasteiger partial charge is 0.295 e. The molecule has 3 nitrogen and oxygen atoms in total. The van der Waals surface area contributed by atoms with E-state index in [2.05, 4.69) is 19.9 Å². The maximum atomic E-state index is 12.4. The van der Waals surface area contributed by atoms with Crippen LogP contribution in [0.2, 0.25) is 0 Å². The lowest BCUT2D eigenvalue weighted by atomic mass is 9.94. The predicted octanol–water partition coefficient (Wildman–Crippen LogP) is 7.89. The summed E-state index contributed by atoms with van der Waals surface area (Å²) in [5.41, 5.74) is 1.60. The molecule has 0 amide bonds. The molecule has 2 aromatic rings. The van der Waals surface area contributed by atoms with Gasteiger partial charge in [0.2, 0.25) is 0 Å². The summed E-state index contributed by atoms with van der Waals surface area (Å²) < 4.78 is 35.0. The van der Waals surface area contributed by atoms with Crippen molar-refractivity contribution >= 4 is 20.9 Å². The molecule has 0 bridgehead atoms. The van der Waals surface area contributed by atoms with Gasteiger partial charge in [-0.2, -0.15) is 8.42 Å². The quantitative estimate of drug-likeness (QED) is 0.230. The summed E-state index contributed by atoms with van der Waals surface area (Å²) in [5, 5.41) is 2.04. The molecule has 0 aromatic heterocycles. The van der Waals surface area contributed by atoms with E-state index in [4.69, 9.17) is 0 Å². The van der Waals surface area contributed by atoms with Gasteiger partial charge in [-0.15, -0.1) is 0 Å². The zero-order chi connectivity index (χ0) is 21.8. The van der Waals surface area contributed by atoms with Gasteiger partial charge in [-0.1, -0.05) is 102 Å². The van der Waals surface area contributed by atoms with Crippen LogP contribution in [0.3, 0.4) is 0 Å². The molecule has 0 heterocycles. The number of rotatable bonds is 15. The molecule has 0 radical (unpaired) electrons. The highest BCUT2D eigenvalue weighted by molar-refractivity contribution is 7.86. The second-order valence-corrected chi connectivity index (χ2v) is 9.93. The molecular formula is C26H40O3S. The van der Waals surface area contributed by atoms with Gasteiger partial charge in [0.1, 0.15) is 4.90 Å². The second-order valence-electron chi connectivity index (χ2n) is 8.58. The minimum absolute atomic E-state index is 0.184. The monoisotopic (exact) mass is 432 g/mol. The summed E-state index contributed by atoms with van der Waals surface area (Å²) in [6.07, 6.45) is 15.3. The molecule has 0 atom stereocenters. The molecule has 0 fully saturated rings. The van der Waals surface area contributed by atoms with E-state index in [1.165, 1.54) is 51.4 Å². The van der Waals surface area contributed by atoms with Gasteiger partial charge in [0.25, 0.3) is 10.1 Å². The maximum absolute atomic E-state index is 12.4. The van der Waals surface area contributed by atoms with Crippen LogP contribution < -0.4 is 0 Å². The molecule has 4 heteroatoms. The Morgan fingerprint density at radius 2 is 1.27 bits per heavy atom. The standard InChI is InChI=1S/C26H40O3S/c1-3-5-7-9-11-13-18-23-21-22-17-15-16-19-24(22)25(26(23)30(27,28)29)20-14-12-10-8-6-4-2/h15-17,19,21H,3-14,18,20H2,1-2H3,(H,27,28,29). The van der Waals surface area contributed by atoms with E-state index in [1.54, 1.807) is 0 Å². The smallest absolute Gasteiger partial charge is 0.282 e. The van der Waals surface area contributed by atoms with E-state index in [9.17, 15) is 13.0 Å². The van der Waals surface area contributed by atoms with Gasteiger partial charge in [-0.25, -0.2) is 0 Å². The third-order valence-corrected chi connectivity index (χ3v) is 7.04. The first-order chi connectivity index (χ1) is 14.5. The van der Waals surface area contributed by atoms with Crippen molar-refractivity contribution in [1.29, 1.82) is 0 Å². The zero-order valence-corrected chi connectivity index (χ0v) is 19.8. The number of aryl methyl sites for hydroxylation is 2. The Morgan fingerprint density at radius 1 is 0.733 bits per heavy atom. The van der Waals surface area contributed by atoms with E-state index in [0.717, 1.165) is 47.6 Å². The second kappa shape index (κ2) is 13.1. The molecule has 0 aliphatic heterocycles. The molecule has 0 unspecified atom stereocenters. The Bertz CT molecular complexity index is 871. The highest BCUT2D eigenvalue weighted by Crippen LogP contribution is 2.32. The molecule has 0 aliphatic carbocycles. The molecule has 2 rings (SSSR count). The minimum atomic E-state index is -4.26. The third kappa shape index (κ3) is 7.70. The Hall–Kier alpha value is -1.39. The van der Waals surface area contributed by atoms with Gasteiger partial charge >= 0.3 is 0 Å². The van der Waals surface area contributed by atoms with Crippen molar-refractivity contribution < 1.29 is 13.0 Å². The van der Waals surface area contributed by atoms with Crippen molar-refractivity contribution in [1.82, 2.24) is 0 Å². The number of unbranched alkanes of at least 4 members (excludes halogenated alkanes) is 10. The molecule has 168 valence electrons. The summed E-state index contributed by atoms with van der Waals surface area (Å²) >= 11 is 0. The number of benzene rings is 2. The first kappa shape index (κ1) is 24.9. The molecule has 30 heavy (non-hydrogen) atoms. The fraction of sp³-hybridized carbons (Fsp3) is 0.615. The maximum Gasteiger partial charge on any atom is 0.295 e. The zero-order valence-electron chi connectivity index (χ0n) is 19.0. The van der Waals surface area contributed by atoms with Crippen LogP contribution in [-0.4, -0.2) is 13.0 Å². The minimum Gasteiger partial charge on any atom is -0.282 e. The van der Waals surface area contributed by atoms with Crippen LogP contribution in [0.15, 0.2) is 35.2 Å². The first-order valence-corrected chi connectivity index (χ1v) is 13.4. The number of hydrogen-bond acceptors (Lipinski definition) is 2. The van der Waals surface area contributed by atoms with Crippen molar-refractivity contribution in [3.8, 4) is 0 Å². The Balaban J connectivity index is 2.24. The number of hydrogen-bond donors (Lipinski definition) is 1. The Morgan fingerprint density at radius 3 is 1.87 bits per heavy atom. The van der Waals surface area contributed by atoms with E-state index in [0.29, 0.717) is 12.8 Å². The molecule has 2 aromatic carbocycles. The van der Waals surface area contributed by atoms with Crippen molar-refractivity contribution in [2.45, 2.75) is 109 Å². The molecule has 1 N–H and O–H groups in total. The van der Waals surface area contributed by atoms with E-state index < -0.39 is 10.1 Å². The van der Waals surface area contributed by atoms with Crippen molar-refractivity contribution in [3.63, 3.8) is 0 Å². The Kier molecular flexibility index (Phi) is 10.9. The summed E-state index contributed by atoms with van der Waals surface area (Å²) in [5.74, 6) is 0. The van der Waals surface area contributed by atoms with Gasteiger partial charge in [-0.3, -0.25) is 4.55 Å². The van der Waals surface area contributed by atoms with E-state index >= 15 is 0 Å². The fourth-order valence-electron chi connectivity index (χ4n) is 4.40. The van der Waals surface area contributed by atoms with Gasteiger partial charge in [0.05, 0.1) is 0 Å². The third-order valence-electron chi connectivity index (χ3n) is 6.02. The van der Waals surface area contributed by atoms with Gasteiger partial charge in [0.15, 0.2) is 0 Å². The van der Waals surface area contributed by atoms with Gasteiger partial charge in [-0.05, 0) is 53.6 Å². The molecule has 0 saturated heterocycles. The lowest BCUT2D eigenvalue weighted by Gasteiger charge is -2.16. The summed E-state index contributed by atoms with van der Waals surface area (Å²) in [7, 11) is -4.26. The van der Waals surface area contributed by atoms with Crippen LogP contribution in [0.25, 0.3) is 10.8 Å². The van der Waals surface area contributed by atoms with Gasteiger partial charge < -0.3 is 0 Å². The summed E-state index contributed by atoms with van der Waals surface area (Å²) in [6.45, 7) is 4.42. The molecule has 0 spiro atoms. The van der Waals surface area contributed by atoms with Crippen LogP contribution in [0.4, 0.5) is 0 Å². The van der Waals surface area contributed by atoms with Crippen LogP contribution in [-0.2, 0) is 23.0 Å². The summed E-state index contributed by atoms with van der Waals surface area (Å²) in [4.78, 5) is 0.184. The molecular weight excluding hydrogens is 392 g/mol. The van der Waals surface area contributed by atoms with Crippen LogP contribution in [0, 0.1) is 0 Å². The normalized spacial score (nSPS) is 12.0. The Labute approximate surface area is 184 Å². The topological polar surface area (TPSA) is 54.4 Å². The average Bonchev–Trinajstić information content (AvgIpc) is 2.72. The van der Waals surface area contributed by atoms with Gasteiger partial charge in [0, 0.05) is 0 Å². The molecule has 0 aliphatic rings. The lowest BCUT2D eigenvalue weighted by molar-refractivity contribution is 0.480. The average molecular weight is 433 g/mol. The number of fused-ring (bicyclic) bond motifs is 1. The SMILES string of the molecule is CCCCCCCCc1cc2ccccc2c(CCCCCCCC)c1S(=O)(=O)O. The van der Waals surface area contributed by atoms with E-state index in [1.807, 2.05) is 24.3 Å². The fourth-order valence-corrected chi connectivity index (χ4v) is 5.42. The highest BCUT2D eigenvalue weighted by atomic mass is 32.2. The van der Waals surface area contributed by atoms with Crippen LogP contribution >= 0.6 is 0 Å². The van der Waals surface area contributed by atoms with Crippen molar-refractivity contribution in [3.05, 3.63) is 41.5 Å². The molecule has 0 saturated carbocycles. The van der Waals surface area contributed by atoms with E-state index in [-0.39, 0.29) is 4.90 Å². The summed E-state index contributed by atoms with van der Waals surface area (Å²) in [6, 6.07) is 9.98. The predicted molar refractivity (Wildman–Crippen MR) is 128 cm³/mol. The van der Waals surface area contributed by atoms with Crippen molar-refractivity contribution in [2.75, 3.05) is 0 Å². The van der Waals surface area contributed by atoms with Crippen molar-refractivity contribution in [2.24, 2.45) is 0 Å².